The largest absolute Gasteiger partial charge is 0.477 e. The summed E-state index contributed by atoms with van der Waals surface area (Å²) in [4.78, 5) is 12.2. The van der Waals surface area contributed by atoms with E-state index < -0.39 is 15.8 Å². The number of aromatic nitrogens is 2. The van der Waals surface area contributed by atoms with Gasteiger partial charge < -0.3 is 5.11 Å². The van der Waals surface area contributed by atoms with Gasteiger partial charge in [0, 0.05) is 28.4 Å². The fourth-order valence-electron chi connectivity index (χ4n) is 2.97. The van der Waals surface area contributed by atoms with Crippen molar-refractivity contribution in [1.82, 2.24) is 9.78 Å². The average molecular weight is 419 g/mol. The molecule has 0 saturated heterocycles. The Balaban J connectivity index is 2.30. The quantitative estimate of drug-likeness (QED) is 0.656. The highest BCUT2D eigenvalue weighted by molar-refractivity contribution is 7.90. The first-order valence-corrected chi connectivity index (χ1v) is 10.8. The SMILES string of the molecule is CC(C)n1nc(-c2ccc(S(C)(=O)=O)cc2)c(-c2ccc(Cl)cc2)c1C(=O)O. The zero-order valence-electron chi connectivity index (χ0n) is 15.5. The van der Waals surface area contributed by atoms with Gasteiger partial charge in [-0.3, -0.25) is 4.68 Å². The van der Waals surface area contributed by atoms with Crippen LogP contribution in [-0.2, 0) is 9.84 Å². The smallest absolute Gasteiger partial charge is 0.354 e. The molecule has 0 bridgehead atoms. The van der Waals surface area contributed by atoms with Crippen molar-refractivity contribution in [3.63, 3.8) is 0 Å². The molecule has 1 heterocycles. The van der Waals surface area contributed by atoms with Crippen LogP contribution in [-0.4, -0.2) is 35.5 Å². The summed E-state index contributed by atoms with van der Waals surface area (Å²) in [6, 6.07) is 12.9. The van der Waals surface area contributed by atoms with E-state index in [9.17, 15) is 18.3 Å². The minimum absolute atomic E-state index is 0.0690. The fraction of sp³-hybridized carbons (Fsp3) is 0.200. The van der Waals surface area contributed by atoms with E-state index in [0.29, 0.717) is 27.4 Å². The van der Waals surface area contributed by atoms with Crippen molar-refractivity contribution in [3.05, 3.63) is 59.2 Å². The number of hydrogen-bond donors (Lipinski definition) is 1. The number of hydrogen-bond acceptors (Lipinski definition) is 4. The second kappa shape index (κ2) is 7.41. The minimum atomic E-state index is -3.33. The molecule has 1 aromatic heterocycles. The van der Waals surface area contributed by atoms with Crippen LogP contribution in [0.4, 0.5) is 0 Å². The number of carboxylic acid groups (broad SMARTS) is 1. The van der Waals surface area contributed by atoms with E-state index in [0.717, 1.165) is 6.26 Å². The number of halogens is 1. The van der Waals surface area contributed by atoms with Gasteiger partial charge in [0.2, 0.25) is 0 Å². The summed E-state index contributed by atoms with van der Waals surface area (Å²) in [5.41, 5.74) is 2.29. The topological polar surface area (TPSA) is 89.3 Å². The zero-order chi connectivity index (χ0) is 20.6. The maximum Gasteiger partial charge on any atom is 0.354 e. The lowest BCUT2D eigenvalue weighted by atomic mass is 9.98. The highest BCUT2D eigenvalue weighted by atomic mass is 35.5. The average Bonchev–Trinajstić information content (AvgIpc) is 3.03. The van der Waals surface area contributed by atoms with Crippen LogP contribution >= 0.6 is 11.6 Å². The van der Waals surface area contributed by atoms with Crippen molar-refractivity contribution in [2.75, 3.05) is 6.26 Å². The number of nitrogens with zero attached hydrogens (tertiary/aromatic N) is 2. The van der Waals surface area contributed by atoms with Crippen LogP contribution in [0.2, 0.25) is 5.02 Å². The third kappa shape index (κ3) is 3.81. The highest BCUT2D eigenvalue weighted by Gasteiger charge is 2.26. The molecule has 0 radical (unpaired) electrons. The van der Waals surface area contributed by atoms with E-state index in [1.54, 1.807) is 36.4 Å². The molecule has 8 heteroatoms. The standard InChI is InChI=1S/C20H19ClN2O4S/c1-12(2)23-19(20(24)25)17(13-4-8-15(21)9-5-13)18(22-23)14-6-10-16(11-7-14)28(3,26)27/h4-12H,1-3H3,(H,24,25). The molecule has 0 aliphatic heterocycles. The normalized spacial score (nSPS) is 11.8. The molecule has 28 heavy (non-hydrogen) atoms. The molecule has 3 rings (SSSR count). The Morgan fingerprint density at radius 1 is 1.04 bits per heavy atom. The van der Waals surface area contributed by atoms with Gasteiger partial charge in [-0.2, -0.15) is 5.10 Å². The van der Waals surface area contributed by atoms with Crippen LogP contribution in [0.1, 0.15) is 30.4 Å². The van der Waals surface area contributed by atoms with Crippen LogP contribution in [0.25, 0.3) is 22.4 Å². The van der Waals surface area contributed by atoms with Crippen LogP contribution in [0.3, 0.4) is 0 Å². The van der Waals surface area contributed by atoms with Gasteiger partial charge >= 0.3 is 5.97 Å². The molecule has 0 amide bonds. The second-order valence-corrected chi connectivity index (χ2v) is 9.17. The lowest BCUT2D eigenvalue weighted by Crippen LogP contribution is -2.12. The molecule has 2 aromatic carbocycles. The molecule has 0 fully saturated rings. The molecule has 0 aliphatic rings. The molecule has 1 N–H and O–H groups in total. The van der Waals surface area contributed by atoms with Crippen molar-refractivity contribution >= 4 is 27.4 Å². The number of aromatic carboxylic acids is 1. The maximum absolute atomic E-state index is 12.1. The molecule has 0 spiro atoms. The summed E-state index contributed by atoms with van der Waals surface area (Å²) < 4.78 is 24.9. The number of benzene rings is 2. The lowest BCUT2D eigenvalue weighted by Gasteiger charge is -2.09. The van der Waals surface area contributed by atoms with Crippen LogP contribution in [0.5, 0.6) is 0 Å². The first-order chi connectivity index (χ1) is 13.1. The monoisotopic (exact) mass is 418 g/mol. The Morgan fingerprint density at radius 2 is 1.57 bits per heavy atom. The van der Waals surface area contributed by atoms with E-state index in [1.807, 2.05) is 13.8 Å². The Labute approximate surface area is 168 Å². The first-order valence-electron chi connectivity index (χ1n) is 8.52. The molecule has 6 nitrogen and oxygen atoms in total. The molecule has 3 aromatic rings. The van der Waals surface area contributed by atoms with Gasteiger partial charge in [-0.25, -0.2) is 13.2 Å². The van der Waals surface area contributed by atoms with Gasteiger partial charge in [0.15, 0.2) is 15.5 Å². The first kappa shape index (κ1) is 20.1. The summed E-state index contributed by atoms with van der Waals surface area (Å²) in [7, 11) is -3.33. The van der Waals surface area contributed by atoms with Crippen molar-refractivity contribution in [1.29, 1.82) is 0 Å². The van der Waals surface area contributed by atoms with Gasteiger partial charge in [0.05, 0.1) is 4.90 Å². The Kier molecular flexibility index (Phi) is 5.32. The van der Waals surface area contributed by atoms with Crippen molar-refractivity contribution < 1.29 is 18.3 Å². The molecule has 0 unspecified atom stereocenters. The lowest BCUT2D eigenvalue weighted by molar-refractivity contribution is 0.0682. The number of carboxylic acids is 1. The van der Waals surface area contributed by atoms with Crippen LogP contribution in [0.15, 0.2) is 53.4 Å². The van der Waals surface area contributed by atoms with E-state index >= 15 is 0 Å². The molecule has 0 aliphatic carbocycles. The van der Waals surface area contributed by atoms with E-state index in [1.165, 1.54) is 16.8 Å². The molecule has 0 atom stereocenters. The Hall–Kier alpha value is -2.64. The minimum Gasteiger partial charge on any atom is -0.477 e. The van der Waals surface area contributed by atoms with Crippen molar-refractivity contribution in [2.24, 2.45) is 0 Å². The third-order valence-corrected chi connectivity index (χ3v) is 5.67. The summed E-state index contributed by atoms with van der Waals surface area (Å²) in [6.45, 7) is 3.70. The van der Waals surface area contributed by atoms with Crippen LogP contribution in [0, 0.1) is 0 Å². The highest BCUT2D eigenvalue weighted by Crippen LogP contribution is 2.36. The summed E-state index contributed by atoms with van der Waals surface area (Å²) in [5, 5.41) is 14.9. The predicted octanol–water partition coefficient (Wildman–Crippen LogP) is 4.55. The molecule has 0 saturated carbocycles. The zero-order valence-corrected chi connectivity index (χ0v) is 17.1. The molecular formula is C20H19ClN2O4S. The second-order valence-electron chi connectivity index (χ2n) is 6.72. The molecule has 146 valence electrons. The van der Waals surface area contributed by atoms with E-state index in [4.69, 9.17) is 11.6 Å². The van der Waals surface area contributed by atoms with E-state index in [2.05, 4.69) is 5.10 Å². The van der Waals surface area contributed by atoms with Gasteiger partial charge in [0.1, 0.15) is 5.69 Å². The van der Waals surface area contributed by atoms with Gasteiger partial charge in [-0.15, -0.1) is 0 Å². The van der Waals surface area contributed by atoms with Gasteiger partial charge in [0.25, 0.3) is 0 Å². The predicted molar refractivity (Wildman–Crippen MR) is 109 cm³/mol. The Bertz CT molecular complexity index is 1130. The fourth-order valence-corrected chi connectivity index (χ4v) is 3.72. The maximum atomic E-state index is 12.1. The number of sulfone groups is 1. The Morgan fingerprint density at radius 3 is 2.04 bits per heavy atom. The summed E-state index contributed by atoms with van der Waals surface area (Å²) in [5.74, 6) is -1.09. The number of rotatable bonds is 5. The van der Waals surface area contributed by atoms with Crippen molar-refractivity contribution in [2.45, 2.75) is 24.8 Å². The van der Waals surface area contributed by atoms with E-state index in [-0.39, 0.29) is 16.6 Å². The van der Waals surface area contributed by atoms with Gasteiger partial charge in [-0.05, 0) is 43.7 Å². The summed E-state index contributed by atoms with van der Waals surface area (Å²) in [6.07, 6.45) is 1.14. The van der Waals surface area contributed by atoms with Gasteiger partial charge in [-0.1, -0.05) is 35.9 Å². The summed E-state index contributed by atoms with van der Waals surface area (Å²) >= 11 is 5.98. The molecular weight excluding hydrogens is 400 g/mol. The van der Waals surface area contributed by atoms with Crippen molar-refractivity contribution in [3.8, 4) is 22.4 Å². The van der Waals surface area contributed by atoms with Crippen LogP contribution < -0.4 is 0 Å². The number of carbonyl (C=O) groups is 1. The third-order valence-electron chi connectivity index (χ3n) is 4.29.